The molecule has 0 saturated carbocycles. The summed E-state index contributed by atoms with van der Waals surface area (Å²) < 4.78 is 0. The maximum absolute atomic E-state index is 12.2. The van der Waals surface area contributed by atoms with Crippen molar-refractivity contribution in [3.05, 3.63) is 12.7 Å². The zero-order valence-corrected chi connectivity index (χ0v) is 12.2. The highest BCUT2D eigenvalue weighted by atomic mass is 32.2. The highest BCUT2D eigenvalue weighted by molar-refractivity contribution is 8.00. The minimum atomic E-state index is 0.414. The van der Waals surface area contributed by atoms with Gasteiger partial charge in [-0.3, -0.25) is 4.79 Å². The summed E-state index contributed by atoms with van der Waals surface area (Å²) in [4.78, 5) is 12.2. The molecule has 0 amide bonds. The normalized spacial score (nSPS) is 30.3. The van der Waals surface area contributed by atoms with Crippen LogP contribution in [0, 0.1) is 5.92 Å². The summed E-state index contributed by atoms with van der Waals surface area (Å²) in [5.41, 5.74) is 0. The molecule has 2 unspecified atom stereocenters. The topological polar surface area (TPSA) is 17.1 Å². The number of Topliss-reactive ketones (excluding diaryl/α,β-unsaturated/α-hetero) is 1. The first-order valence-electron chi connectivity index (χ1n) is 7.58. The number of allylic oxidation sites excluding steroid dienone is 1. The van der Waals surface area contributed by atoms with E-state index in [-0.39, 0.29) is 0 Å². The molecule has 0 aromatic rings. The van der Waals surface area contributed by atoms with Crippen molar-refractivity contribution < 1.29 is 4.79 Å². The predicted molar refractivity (Wildman–Crippen MR) is 80.0 cm³/mol. The molecule has 0 N–H and O–H groups in total. The van der Waals surface area contributed by atoms with Gasteiger partial charge in [0.1, 0.15) is 5.78 Å². The number of ketones is 1. The Morgan fingerprint density at radius 3 is 2.44 bits per heavy atom. The van der Waals surface area contributed by atoms with E-state index < -0.39 is 0 Å². The second-order valence-electron chi connectivity index (χ2n) is 5.83. The molecule has 2 fully saturated rings. The van der Waals surface area contributed by atoms with Gasteiger partial charge in [0.25, 0.3) is 0 Å². The van der Waals surface area contributed by atoms with Crippen LogP contribution in [0.25, 0.3) is 0 Å². The van der Waals surface area contributed by atoms with Gasteiger partial charge in [0.05, 0.1) is 0 Å². The lowest BCUT2D eigenvalue weighted by molar-refractivity contribution is -0.123. The van der Waals surface area contributed by atoms with Crippen LogP contribution in [0.5, 0.6) is 0 Å². The Balaban J connectivity index is 1.58. The Morgan fingerprint density at radius 2 is 1.78 bits per heavy atom. The Kier molecular flexibility index (Phi) is 5.81. The van der Waals surface area contributed by atoms with E-state index in [4.69, 9.17) is 0 Å². The fraction of sp³-hybridized carbons (Fsp3) is 0.812. The van der Waals surface area contributed by atoms with Crippen molar-refractivity contribution in [2.24, 2.45) is 5.92 Å². The quantitative estimate of drug-likeness (QED) is 0.465. The maximum Gasteiger partial charge on any atom is 0.136 e. The summed E-state index contributed by atoms with van der Waals surface area (Å²) in [5, 5.41) is 1.62. The molecule has 102 valence electrons. The van der Waals surface area contributed by atoms with Crippen molar-refractivity contribution in [3.63, 3.8) is 0 Å². The molecule has 0 radical (unpaired) electrons. The standard InChI is InChI=1S/C16H26OS/c1-2-3-4-5-6-7-8-16(17)13-11-14-9-10-15(12-13)18-14/h2,13-15H,1,3-12H2. The van der Waals surface area contributed by atoms with Gasteiger partial charge in [0.15, 0.2) is 0 Å². The molecule has 0 aliphatic carbocycles. The van der Waals surface area contributed by atoms with Crippen molar-refractivity contribution in [2.75, 3.05) is 0 Å². The third kappa shape index (κ3) is 4.15. The van der Waals surface area contributed by atoms with Gasteiger partial charge in [-0.05, 0) is 44.9 Å². The fourth-order valence-electron chi connectivity index (χ4n) is 3.27. The molecule has 2 atom stereocenters. The van der Waals surface area contributed by atoms with E-state index >= 15 is 0 Å². The lowest BCUT2D eigenvalue weighted by Gasteiger charge is -2.26. The Morgan fingerprint density at radius 1 is 1.11 bits per heavy atom. The van der Waals surface area contributed by atoms with Crippen molar-refractivity contribution in [2.45, 2.75) is 74.7 Å². The van der Waals surface area contributed by atoms with E-state index in [2.05, 4.69) is 18.3 Å². The first kappa shape index (κ1) is 14.2. The van der Waals surface area contributed by atoms with E-state index in [0.717, 1.165) is 29.8 Å². The number of fused-ring (bicyclic) bond motifs is 2. The molecule has 2 bridgehead atoms. The van der Waals surface area contributed by atoms with Gasteiger partial charge in [-0.25, -0.2) is 0 Å². The van der Waals surface area contributed by atoms with E-state index in [1.807, 2.05) is 6.08 Å². The van der Waals surface area contributed by atoms with Crippen LogP contribution in [0.15, 0.2) is 12.7 Å². The fourth-order valence-corrected chi connectivity index (χ4v) is 5.04. The lowest BCUT2D eigenvalue weighted by Crippen LogP contribution is -2.24. The second-order valence-corrected chi connectivity index (χ2v) is 7.44. The van der Waals surface area contributed by atoms with Crippen molar-refractivity contribution in [1.29, 1.82) is 0 Å². The predicted octanol–water partition coefficient (Wildman–Crippen LogP) is 4.76. The van der Waals surface area contributed by atoms with Crippen LogP contribution in [-0.2, 0) is 4.79 Å². The van der Waals surface area contributed by atoms with E-state index in [0.29, 0.717) is 11.7 Å². The monoisotopic (exact) mass is 266 g/mol. The summed E-state index contributed by atoms with van der Waals surface area (Å²) in [5.74, 6) is 0.979. The third-order valence-electron chi connectivity index (χ3n) is 4.33. The lowest BCUT2D eigenvalue weighted by atomic mass is 9.91. The number of carbonyl (C=O) groups is 1. The molecule has 2 rings (SSSR count). The van der Waals surface area contributed by atoms with Gasteiger partial charge in [-0.15, -0.1) is 6.58 Å². The van der Waals surface area contributed by atoms with E-state index in [1.165, 1.54) is 44.9 Å². The Hall–Kier alpha value is -0.240. The largest absolute Gasteiger partial charge is 0.299 e. The van der Waals surface area contributed by atoms with Crippen LogP contribution in [0.3, 0.4) is 0 Å². The third-order valence-corrected chi connectivity index (χ3v) is 5.95. The van der Waals surface area contributed by atoms with Crippen molar-refractivity contribution >= 4 is 17.5 Å². The zero-order valence-electron chi connectivity index (χ0n) is 11.4. The average molecular weight is 266 g/mol. The molecule has 2 aliphatic heterocycles. The van der Waals surface area contributed by atoms with Crippen LogP contribution in [-0.4, -0.2) is 16.3 Å². The minimum Gasteiger partial charge on any atom is -0.299 e. The molecule has 1 nitrogen and oxygen atoms in total. The van der Waals surface area contributed by atoms with Crippen molar-refractivity contribution in [3.8, 4) is 0 Å². The number of thioether (sulfide) groups is 1. The summed E-state index contributed by atoms with van der Waals surface area (Å²) >= 11 is 2.15. The first-order chi connectivity index (χ1) is 8.79. The van der Waals surface area contributed by atoms with Gasteiger partial charge in [-0.2, -0.15) is 11.8 Å². The molecule has 2 saturated heterocycles. The van der Waals surface area contributed by atoms with E-state index in [9.17, 15) is 4.79 Å². The van der Waals surface area contributed by atoms with Gasteiger partial charge in [0, 0.05) is 22.8 Å². The molecule has 0 aromatic carbocycles. The van der Waals surface area contributed by atoms with E-state index in [1.54, 1.807) is 0 Å². The van der Waals surface area contributed by atoms with Crippen LogP contribution >= 0.6 is 11.8 Å². The van der Waals surface area contributed by atoms with Crippen molar-refractivity contribution in [1.82, 2.24) is 0 Å². The molecule has 0 spiro atoms. The number of carbonyl (C=O) groups excluding carboxylic acids is 1. The smallest absolute Gasteiger partial charge is 0.136 e. The Labute approximate surface area is 116 Å². The maximum atomic E-state index is 12.2. The number of unbranched alkanes of at least 4 members (excludes halogenated alkanes) is 4. The van der Waals surface area contributed by atoms with Gasteiger partial charge in [0.2, 0.25) is 0 Å². The molecule has 2 aliphatic rings. The summed E-state index contributed by atoms with van der Waals surface area (Å²) in [6.07, 6.45) is 13.8. The molecule has 2 heterocycles. The Bertz CT molecular complexity index is 275. The minimum absolute atomic E-state index is 0.414. The molecular formula is C16H26OS. The summed E-state index contributed by atoms with van der Waals surface area (Å²) in [6.45, 7) is 3.73. The number of hydrogen-bond donors (Lipinski definition) is 0. The highest BCUT2D eigenvalue weighted by Gasteiger charge is 2.37. The van der Waals surface area contributed by atoms with Crippen LogP contribution in [0.4, 0.5) is 0 Å². The number of hydrogen-bond acceptors (Lipinski definition) is 2. The highest BCUT2D eigenvalue weighted by Crippen LogP contribution is 2.46. The molecule has 18 heavy (non-hydrogen) atoms. The molecule has 2 heteroatoms. The average Bonchev–Trinajstić information content (AvgIpc) is 2.72. The van der Waals surface area contributed by atoms with Gasteiger partial charge >= 0.3 is 0 Å². The number of rotatable bonds is 8. The first-order valence-corrected chi connectivity index (χ1v) is 8.53. The van der Waals surface area contributed by atoms with Crippen LogP contribution in [0.2, 0.25) is 0 Å². The molecule has 0 aromatic heterocycles. The molecular weight excluding hydrogens is 240 g/mol. The van der Waals surface area contributed by atoms with Gasteiger partial charge < -0.3 is 0 Å². The van der Waals surface area contributed by atoms with Crippen LogP contribution < -0.4 is 0 Å². The van der Waals surface area contributed by atoms with Gasteiger partial charge in [-0.1, -0.05) is 18.9 Å². The summed E-state index contributed by atoms with van der Waals surface area (Å²) in [7, 11) is 0. The second kappa shape index (κ2) is 7.37. The summed E-state index contributed by atoms with van der Waals surface area (Å²) in [6, 6.07) is 0. The SMILES string of the molecule is C=CCCCCCCC(=O)C1CC2CCC(C1)S2. The van der Waals surface area contributed by atoms with Crippen LogP contribution in [0.1, 0.15) is 64.2 Å². The zero-order chi connectivity index (χ0) is 12.8.